The van der Waals surface area contributed by atoms with Gasteiger partial charge in [-0.15, -0.1) is 0 Å². The third-order valence-electron chi connectivity index (χ3n) is 3.18. The van der Waals surface area contributed by atoms with Gasteiger partial charge in [0.1, 0.15) is 24.0 Å². The second-order valence-electron chi connectivity index (χ2n) is 4.81. The molecule has 6 heteroatoms. The SMILES string of the molecule is COC(=O)c1ccc(N)cc1OCC1CN(C)CCO1. The van der Waals surface area contributed by atoms with E-state index in [1.807, 2.05) is 7.05 Å². The number of carbonyl (C=O) groups excluding carboxylic acids is 1. The Hall–Kier alpha value is -1.79. The summed E-state index contributed by atoms with van der Waals surface area (Å²) in [5.41, 5.74) is 6.63. The molecular formula is C14H20N2O4. The summed E-state index contributed by atoms with van der Waals surface area (Å²) in [4.78, 5) is 13.8. The van der Waals surface area contributed by atoms with Gasteiger partial charge >= 0.3 is 5.97 Å². The fraction of sp³-hybridized carbons (Fsp3) is 0.500. The van der Waals surface area contributed by atoms with E-state index in [0.717, 1.165) is 13.1 Å². The van der Waals surface area contributed by atoms with E-state index in [2.05, 4.69) is 4.90 Å². The van der Waals surface area contributed by atoms with E-state index >= 15 is 0 Å². The number of benzene rings is 1. The first-order valence-corrected chi connectivity index (χ1v) is 6.51. The number of hydrogen-bond donors (Lipinski definition) is 1. The molecule has 1 aliphatic heterocycles. The first-order chi connectivity index (χ1) is 9.60. The summed E-state index contributed by atoms with van der Waals surface area (Å²) in [5, 5.41) is 0. The zero-order valence-corrected chi connectivity index (χ0v) is 11.8. The fourth-order valence-electron chi connectivity index (χ4n) is 2.09. The number of anilines is 1. The quantitative estimate of drug-likeness (QED) is 0.648. The summed E-state index contributed by atoms with van der Waals surface area (Å²) in [5.74, 6) is -0.0182. The number of carbonyl (C=O) groups is 1. The Morgan fingerprint density at radius 2 is 2.35 bits per heavy atom. The molecule has 1 aromatic rings. The van der Waals surface area contributed by atoms with E-state index in [9.17, 15) is 4.79 Å². The second-order valence-corrected chi connectivity index (χ2v) is 4.81. The number of hydrogen-bond acceptors (Lipinski definition) is 6. The highest BCUT2D eigenvalue weighted by atomic mass is 16.5. The molecule has 1 aliphatic rings. The van der Waals surface area contributed by atoms with E-state index in [1.54, 1.807) is 18.2 Å². The first kappa shape index (κ1) is 14.6. The van der Waals surface area contributed by atoms with Crippen LogP contribution in [0.2, 0.25) is 0 Å². The van der Waals surface area contributed by atoms with Crippen LogP contribution < -0.4 is 10.5 Å². The van der Waals surface area contributed by atoms with E-state index in [0.29, 0.717) is 30.2 Å². The molecule has 0 spiro atoms. The highest BCUT2D eigenvalue weighted by molar-refractivity contribution is 5.93. The molecule has 2 rings (SSSR count). The van der Waals surface area contributed by atoms with Gasteiger partial charge in [0.05, 0.1) is 13.7 Å². The Kier molecular flexibility index (Phi) is 4.81. The zero-order valence-electron chi connectivity index (χ0n) is 11.8. The molecular weight excluding hydrogens is 260 g/mol. The van der Waals surface area contributed by atoms with Crippen molar-refractivity contribution in [2.24, 2.45) is 0 Å². The van der Waals surface area contributed by atoms with Crippen molar-refractivity contribution < 1.29 is 19.0 Å². The van der Waals surface area contributed by atoms with Crippen molar-refractivity contribution in [1.82, 2.24) is 4.90 Å². The molecule has 110 valence electrons. The summed E-state index contributed by atoms with van der Waals surface area (Å²) in [6.07, 6.45) is -0.0133. The van der Waals surface area contributed by atoms with Crippen LogP contribution >= 0.6 is 0 Å². The van der Waals surface area contributed by atoms with Gasteiger partial charge in [0, 0.05) is 24.8 Å². The van der Waals surface area contributed by atoms with Crippen LogP contribution in [0.4, 0.5) is 5.69 Å². The van der Waals surface area contributed by atoms with Crippen LogP contribution in [-0.2, 0) is 9.47 Å². The maximum Gasteiger partial charge on any atom is 0.341 e. The van der Waals surface area contributed by atoms with Crippen LogP contribution in [0.3, 0.4) is 0 Å². The lowest BCUT2D eigenvalue weighted by Crippen LogP contribution is -2.42. The third kappa shape index (κ3) is 3.61. The molecule has 1 fully saturated rings. The van der Waals surface area contributed by atoms with E-state index in [1.165, 1.54) is 7.11 Å². The molecule has 20 heavy (non-hydrogen) atoms. The molecule has 1 atom stereocenters. The summed E-state index contributed by atoms with van der Waals surface area (Å²) in [6, 6.07) is 4.87. The number of morpholine rings is 1. The number of methoxy groups -OCH3 is 1. The number of ether oxygens (including phenoxy) is 3. The molecule has 6 nitrogen and oxygen atoms in total. The summed E-state index contributed by atoms with van der Waals surface area (Å²) in [6.45, 7) is 2.78. The van der Waals surface area contributed by atoms with Crippen LogP contribution in [0, 0.1) is 0 Å². The minimum atomic E-state index is -0.443. The monoisotopic (exact) mass is 280 g/mol. The van der Waals surface area contributed by atoms with Gasteiger partial charge in [-0.3, -0.25) is 0 Å². The van der Waals surface area contributed by atoms with Gasteiger partial charge in [-0.05, 0) is 19.2 Å². The minimum absolute atomic E-state index is 0.0133. The molecule has 0 bridgehead atoms. The maximum atomic E-state index is 11.7. The summed E-state index contributed by atoms with van der Waals surface area (Å²) >= 11 is 0. The highest BCUT2D eigenvalue weighted by Crippen LogP contribution is 2.23. The predicted octanol–water partition coefficient (Wildman–Crippen LogP) is 0.765. The molecule has 0 amide bonds. The minimum Gasteiger partial charge on any atom is -0.490 e. The van der Waals surface area contributed by atoms with Gasteiger partial charge in [-0.2, -0.15) is 0 Å². The molecule has 1 aromatic carbocycles. The summed E-state index contributed by atoms with van der Waals surface area (Å²) < 4.78 is 16.0. The van der Waals surface area contributed by atoms with Gasteiger partial charge < -0.3 is 24.8 Å². The van der Waals surface area contributed by atoms with Crippen LogP contribution in [0.1, 0.15) is 10.4 Å². The van der Waals surface area contributed by atoms with E-state index in [-0.39, 0.29) is 6.10 Å². The average molecular weight is 280 g/mol. The number of nitrogen functional groups attached to an aromatic ring is 1. The van der Waals surface area contributed by atoms with Gasteiger partial charge in [0.25, 0.3) is 0 Å². The zero-order chi connectivity index (χ0) is 14.5. The van der Waals surface area contributed by atoms with Crippen molar-refractivity contribution in [3.63, 3.8) is 0 Å². The van der Waals surface area contributed by atoms with Crippen LogP contribution in [-0.4, -0.2) is 57.4 Å². The van der Waals surface area contributed by atoms with Gasteiger partial charge in [-0.1, -0.05) is 0 Å². The molecule has 1 unspecified atom stereocenters. The Morgan fingerprint density at radius 1 is 1.55 bits per heavy atom. The van der Waals surface area contributed by atoms with Gasteiger partial charge in [0.15, 0.2) is 0 Å². The van der Waals surface area contributed by atoms with Crippen molar-refractivity contribution in [2.75, 3.05) is 46.2 Å². The van der Waals surface area contributed by atoms with Crippen LogP contribution in [0.25, 0.3) is 0 Å². The molecule has 1 saturated heterocycles. The molecule has 0 radical (unpaired) electrons. The molecule has 2 N–H and O–H groups in total. The van der Waals surface area contributed by atoms with Crippen molar-refractivity contribution in [3.8, 4) is 5.75 Å². The Balaban J connectivity index is 2.04. The van der Waals surface area contributed by atoms with Crippen molar-refractivity contribution in [1.29, 1.82) is 0 Å². The smallest absolute Gasteiger partial charge is 0.341 e. The average Bonchev–Trinajstić information content (AvgIpc) is 2.44. The third-order valence-corrected chi connectivity index (χ3v) is 3.18. The van der Waals surface area contributed by atoms with Crippen molar-refractivity contribution in [2.45, 2.75) is 6.10 Å². The molecule has 1 heterocycles. The lowest BCUT2D eigenvalue weighted by Gasteiger charge is -2.30. The van der Waals surface area contributed by atoms with Gasteiger partial charge in [-0.25, -0.2) is 4.79 Å². The fourth-order valence-corrected chi connectivity index (χ4v) is 2.09. The largest absolute Gasteiger partial charge is 0.490 e. The molecule has 0 saturated carbocycles. The van der Waals surface area contributed by atoms with Crippen LogP contribution in [0.5, 0.6) is 5.75 Å². The normalized spacial score (nSPS) is 19.6. The topological polar surface area (TPSA) is 74.0 Å². The first-order valence-electron chi connectivity index (χ1n) is 6.51. The predicted molar refractivity (Wildman–Crippen MR) is 74.9 cm³/mol. The number of rotatable bonds is 4. The number of nitrogens with zero attached hydrogens (tertiary/aromatic N) is 1. The number of esters is 1. The van der Waals surface area contributed by atoms with Gasteiger partial charge in [0.2, 0.25) is 0 Å². The van der Waals surface area contributed by atoms with Crippen molar-refractivity contribution in [3.05, 3.63) is 23.8 Å². The molecule has 0 aromatic heterocycles. The maximum absolute atomic E-state index is 11.7. The number of nitrogens with two attached hydrogens (primary N) is 1. The molecule has 0 aliphatic carbocycles. The van der Waals surface area contributed by atoms with Crippen LogP contribution in [0.15, 0.2) is 18.2 Å². The lowest BCUT2D eigenvalue weighted by molar-refractivity contribution is -0.0405. The highest BCUT2D eigenvalue weighted by Gasteiger charge is 2.20. The Bertz CT molecular complexity index is 478. The Morgan fingerprint density at radius 3 is 3.05 bits per heavy atom. The summed E-state index contributed by atoms with van der Waals surface area (Å²) in [7, 11) is 3.37. The standard InChI is InChI=1S/C14H20N2O4/c1-16-5-6-19-11(8-16)9-20-13-7-10(15)3-4-12(13)14(17)18-2/h3-4,7,11H,5-6,8-9,15H2,1-2H3. The second kappa shape index (κ2) is 6.58. The Labute approximate surface area is 118 Å². The lowest BCUT2D eigenvalue weighted by atomic mass is 10.2. The number of likely N-dealkylation sites (N-methyl/N-ethyl adjacent to an activating group) is 1. The van der Waals surface area contributed by atoms with E-state index < -0.39 is 5.97 Å². The van der Waals surface area contributed by atoms with Crippen molar-refractivity contribution >= 4 is 11.7 Å². The van der Waals surface area contributed by atoms with E-state index in [4.69, 9.17) is 19.9 Å².